The molecule has 0 radical (unpaired) electrons. The number of carbonyl (C=O) groups is 1. The molecule has 2 N–H and O–H groups in total. The average Bonchev–Trinajstić information content (AvgIpc) is 2.38. The highest BCUT2D eigenvalue weighted by Crippen LogP contribution is 2.32. The Kier molecular flexibility index (Phi) is 5.25. The minimum Gasteiger partial charge on any atom is -0.486 e. The molecule has 1 aromatic rings. The third kappa shape index (κ3) is 3.27. The van der Waals surface area contributed by atoms with Crippen molar-refractivity contribution < 1.29 is 19.0 Å². The summed E-state index contributed by atoms with van der Waals surface area (Å²) in [5, 5.41) is 0. The summed E-state index contributed by atoms with van der Waals surface area (Å²) in [6, 6.07) is 5.06. The maximum absolute atomic E-state index is 11.1. The number of benzene rings is 1. The highest BCUT2D eigenvalue weighted by Gasteiger charge is 2.16. The first-order valence-corrected chi connectivity index (χ1v) is 5.42. The molecule has 0 aliphatic carbocycles. The fourth-order valence-corrected chi connectivity index (χ4v) is 1.67. The molecule has 5 nitrogen and oxygen atoms in total. The summed E-state index contributed by atoms with van der Waals surface area (Å²) in [5.74, 6) is 1.06. The Labute approximate surface area is 112 Å². The molecule has 0 amide bonds. The van der Waals surface area contributed by atoms with E-state index in [0.29, 0.717) is 24.7 Å². The molecule has 0 bridgehead atoms. The molecule has 2 rings (SSSR count). The summed E-state index contributed by atoms with van der Waals surface area (Å²) in [4.78, 5) is 11.1. The lowest BCUT2D eigenvalue weighted by molar-refractivity contribution is -0.141. The number of halogens is 1. The standard InChI is InChI=1S/C12H15NO4.ClH/c1-15-12(14)7-9(13)8-2-3-10-11(6-8)17-5-4-16-10;/h2-3,6,9H,4-5,7,13H2,1H3;1H/t9-;/m0./s1. The van der Waals surface area contributed by atoms with E-state index >= 15 is 0 Å². The Morgan fingerprint density at radius 1 is 1.39 bits per heavy atom. The van der Waals surface area contributed by atoms with Crippen LogP contribution in [-0.2, 0) is 9.53 Å². The average molecular weight is 274 g/mol. The van der Waals surface area contributed by atoms with Crippen LogP contribution in [0.2, 0.25) is 0 Å². The van der Waals surface area contributed by atoms with Gasteiger partial charge < -0.3 is 19.9 Å². The van der Waals surface area contributed by atoms with Gasteiger partial charge in [0.25, 0.3) is 0 Å². The quantitative estimate of drug-likeness (QED) is 0.844. The molecule has 1 atom stereocenters. The van der Waals surface area contributed by atoms with Crippen LogP contribution in [-0.4, -0.2) is 26.3 Å². The largest absolute Gasteiger partial charge is 0.486 e. The van der Waals surface area contributed by atoms with Gasteiger partial charge in [-0.1, -0.05) is 6.07 Å². The van der Waals surface area contributed by atoms with Crippen molar-refractivity contribution in [2.45, 2.75) is 12.5 Å². The second-order valence-electron chi connectivity index (χ2n) is 3.79. The first kappa shape index (κ1) is 14.6. The number of esters is 1. The lowest BCUT2D eigenvalue weighted by Crippen LogP contribution is -2.18. The lowest BCUT2D eigenvalue weighted by atomic mass is 10.0. The monoisotopic (exact) mass is 273 g/mol. The smallest absolute Gasteiger partial charge is 0.307 e. The topological polar surface area (TPSA) is 70.8 Å². The van der Waals surface area contributed by atoms with E-state index in [1.165, 1.54) is 7.11 Å². The number of hydrogen-bond acceptors (Lipinski definition) is 5. The van der Waals surface area contributed by atoms with Gasteiger partial charge in [0.15, 0.2) is 11.5 Å². The summed E-state index contributed by atoms with van der Waals surface area (Å²) >= 11 is 0. The SMILES string of the molecule is COC(=O)C[C@H](N)c1ccc2c(c1)OCCO2.Cl. The second kappa shape index (κ2) is 6.47. The minimum atomic E-state index is -0.390. The van der Waals surface area contributed by atoms with Crippen LogP contribution in [0.15, 0.2) is 18.2 Å². The summed E-state index contributed by atoms with van der Waals surface area (Å²) in [7, 11) is 1.35. The number of carbonyl (C=O) groups excluding carboxylic acids is 1. The zero-order chi connectivity index (χ0) is 12.3. The Morgan fingerprint density at radius 2 is 2.06 bits per heavy atom. The van der Waals surface area contributed by atoms with E-state index in [-0.39, 0.29) is 24.8 Å². The van der Waals surface area contributed by atoms with Crippen LogP contribution in [0, 0.1) is 0 Å². The Balaban J connectivity index is 0.00000162. The Morgan fingerprint density at radius 3 is 2.72 bits per heavy atom. The van der Waals surface area contributed by atoms with Crippen molar-refractivity contribution in [2.24, 2.45) is 5.73 Å². The molecule has 1 heterocycles. The van der Waals surface area contributed by atoms with Crippen molar-refractivity contribution in [1.29, 1.82) is 0 Å². The highest BCUT2D eigenvalue weighted by atomic mass is 35.5. The van der Waals surface area contributed by atoms with Crippen LogP contribution in [0.4, 0.5) is 0 Å². The summed E-state index contributed by atoms with van der Waals surface area (Å²) in [5.41, 5.74) is 6.74. The van der Waals surface area contributed by atoms with Gasteiger partial charge in [-0.05, 0) is 17.7 Å². The fraction of sp³-hybridized carbons (Fsp3) is 0.417. The fourth-order valence-electron chi connectivity index (χ4n) is 1.67. The third-order valence-corrected chi connectivity index (χ3v) is 2.61. The van der Waals surface area contributed by atoms with Gasteiger partial charge in [-0.25, -0.2) is 0 Å². The maximum Gasteiger partial charge on any atom is 0.307 e. The van der Waals surface area contributed by atoms with Gasteiger partial charge in [0.05, 0.1) is 13.5 Å². The molecule has 0 saturated carbocycles. The van der Waals surface area contributed by atoms with E-state index in [9.17, 15) is 4.79 Å². The van der Waals surface area contributed by atoms with E-state index in [2.05, 4.69) is 4.74 Å². The van der Waals surface area contributed by atoms with Crippen molar-refractivity contribution in [1.82, 2.24) is 0 Å². The second-order valence-corrected chi connectivity index (χ2v) is 3.79. The number of fused-ring (bicyclic) bond motifs is 1. The Bertz CT molecular complexity index is 425. The van der Waals surface area contributed by atoms with E-state index in [1.807, 2.05) is 12.1 Å². The number of rotatable bonds is 3. The molecule has 1 aliphatic heterocycles. The molecule has 0 spiro atoms. The summed E-state index contributed by atoms with van der Waals surface area (Å²) < 4.78 is 15.4. The third-order valence-electron chi connectivity index (χ3n) is 2.61. The molecular weight excluding hydrogens is 258 g/mol. The highest BCUT2D eigenvalue weighted by molar-refractivity contribution is 5.85. The molecule has 6 heteroatoms. The normalized spacial score (nSPS) is 14.3. The van der Waals surface area contributed by atoms with Crippen LogP contribution in [0.25, 0.3) is 0 Å². The first-order valence-electron chi connectivity index (χ1n) is 5.42. The molecule has 0 saturated heterocycles. The summed E-state index contributed by atoms with van der Waals surface area (Å²) in [6.45, 7) is 1.09. The van der Waals surface area contributed by atoms with Crippen molar-refractivity contribution in [3.63, 3.8) is 0 Å². The zero-order valence-electron chi connectivity index (χ0n) is 10.0. The van der Waals surface area contributed by atoms with Gasteiger partial charge >= 0.3 is 5.97 Å². The Hall–Kier alpha value is -1.46. The van der Waals surface area contributed by atoms with Crippen LogP contribution >= 0.6 is 12.4 Å². The van der Waals surface area contributed by atoms with Crippen molar-refractivity contribution in [2.75, 3.05) is 20.3 Å². The molecule has 0 fully saturated rings. The molecule has 18 heavy (non-hydrogen) atoms. The van der Waals surface area contributed by atoms with Gasteiger partial charge in [0, 0.05) is 6.04 Å². The number of hydrogen-bond donors (Lipinski definition) is 1. The molecule has 0 unspecified atom stereocenters. The first-order chi connectivity index (χ1) is 8.20. The van der Waals surface area contributed by atoms with Gasteiger partial charge in [0.2, 0.25) is 0 Å². The predicted molar refractivity (Wildman–Crippen MR) is 68.2 cm³/mol. The van der Waals surface area contributed by atoms with Crippen molar-refractivity contribution >= 4 is 18.4 Å². The molecule has 0 aromatic heterocycles. The number of ether oxygens (including phenoxy) is 3. The van der Waals surface area contributed by atoms with E-state index in [4.69, 9.17) is 15.2 Å². The van der Waals surface area contributed by atoms with Crippen LogP contribution < -0.4 is 15.2 Å². The van der Waals surface area contributed by atoms with Crippen LogP contribution in [0.1, 0.15) is 18.0 Å². The van der Waals surface area contributed by atoms with E-state index in [1.54, 1.807) is 6.07 Å². The number of nitrogens with two attached hydrogens (primary N) is 1. The maximum atomic E-state index is 11.1. The van der Waals surface area contributed by atoms with Crippen molar-refractivity contribution in [3.8, 4) is 11.5 Å². The van der Waals surface area contributed by atoms with Crippen LogP contribution in [0.3, 0.4) is 0 Å². The lowest BCUT2D eigenvalue weighted by Gasteiger charge is -2.20. The predicted octanol–water partition coefficient (Wildman–Crippen LogP) is 1.44. The van der Waals surface area contributed by atoms with E-state index < -0.39 is 6.04 Å². The molecular formula is C12H16ClNO4. The van der Waals surface area contributed by atoms with E-state index in [0.717, 1.165) is 5.56 Å². The molecule has 100 valence electrons. The van der Waals surface area contributed by atoms with Gasteiger partial charge in [-0.3, -0.25) is 4.79 Å². The van der Waals surface area contributed by atoms with Gasteiger partial charge in [-0.15, -0.1) is 12.4 Å². The van der Waals surface area contributed by atoms with Gasteiger partial charge in [0.1, 0.15) is 13.2 Å². The summed E-state index contributed by atoms with van der Waals surface area (Å²) in [6.07, 6.45) is 0.149. The van der Waals surface area contributed by atoms with Gasteiger partial charge in [-0.2, -0.15) is 0 Å². The van der Waals surface area contributed by atoms with Crippen LogP contribution in [0.5, 0.6) is 11.5 Å². The van der Waals surface area contributed by atoms with Crippen molar-refractivity contribution in [3.05, 3.63) is 23.8 Å². The minimum absolute atomic E-state index is 0. The molecule has 1 aliphatic rings. The molecule has 1 aromatic carbocycles. The number of methoxy groups -OCH3 is 1. The zero-order valence-corrected chi connectivity index (χ0v) is 10.9.